The molecule has 0 saturated carbocycles. The van der Waals surface area contributed by atoms with E-state index < -0.39 is 0 Å². The van der Waals surface area contributed by atoms with Crippen molar-refractivity contribution in [3.05, 3.63) is 30.2 Å². The van der Waals surface area contributed by atoms with Crippen LogP contribution in [0.5, 0.6) is 0 Å². The summed E-state index contributed by atoms with van der Waals surface area (Å²) in [6.07, 6.45) is 4.74. The number of aromatic amines is 1. The lowest BCUT2D eigenvalue weighted by molar-refractivity contribution is 0.0701. The molecule has 0 unspecified atom stereocenters. The van der Waals surface area contributed by atoms with Crippen LogP contribution in [0, 0.1) is 6.92 Å². The van der Waals surface area contributed by atoms with Crippen LogP contribution in [0.15, 0.2) is 18.7 Å². The number of aryl methyl sites for hydroxylation is 1. The average Bonchev–Trinajstić information content (AvgIpc) is 3.08. The summed E-state index contributed by atoms with van der Waals surface area (Å²) in [5.74, 6) is 1.14. The van der Waals surface area contributed by atoms with Gasteiger partial charge in [0.2, 0.25) is 5.82 Å². The second kappa shape index (κ2) is 6.08. The fraction of sp³-hybridized carbons (Fsp3) is 0.500. The summed E-state index contributed by atoms with van der Waals surface area (Å²) in [6.45, 7) is 3.37. The quantitative estimate of drug-likeness (QED) is 0.895. The Morgan fingerprint density at radius 3 is 2.68 bits per heavy atom. The van der Waals surface area contributed by atoms with Crippen LogP contribution < -0.4 is 4.90 Å². The SMILES string of the molecule is Cc1cc(N(C)C2CCN(C(=O)c3ncn[nH]3)CC2)ncn1. The minimum Gasteiger partial charge on any atom is -0.356 e. The van der Waals surface area contributed by atoms with Crippen molar-refractivity contribution in [2.75, 3.05) is 25.0 Å². The molecule has 1 fully saturated rings. The number of hydrogen-bond donors (Lipinski definition) is 1. The predicted molar refractivity (Wildman–Crippen MR) is 80.5 cm³/mol. The van der Waals surface area contributed by atoms with Gasteiger partial charge in [-0.05, 0) is 19.8 Å². The van der Waals surface area contributed by atoms with Gasteiger partial charge in [-0.1, -0.05) is 0 Å². The van der Waals surface area contributed by atoms with Crippen molar-refractivity contribution < 1.29 is 4.79 Å². The number of aromatic nitrogens is 5. The third-order valence-corrected chi connectivity index (χ3v) is 4.07. The number of rotatable bonds is 3. The predicted octanol–water partition coefficient (Wildman–Crippen LogP) is 0.644. The van der Waals surface area contributed by atoms with Crippen molar-refractivity contribution >= 4 is 11.7 Å². The Kier molecular flexibility index (Phi) is 3.99. The fourth-order valence-corrected chi connectivity index (χ4v) is 2.73. The zero-order valence-corrected chi connectivity index (χ0v) is 12.7. The van der Waals surface area contributed by atoms with Crippen molar-refractivity contribution in [3.8, 4) is 0 Å². The molecule has 0 atom stereocenters. The van der Waals surface area contributed by atoms with E-state index in [1.807, 2.05) is 24.9 Å². The Balaban J connectivity index is 1.61. The van der Waals surface area contributed by atoms with Crippen LogP contribution in [0.1, 0.15) is 29.2 Å². The van der Waals surface area contributed by atoms with E-state index >= 15 is 0 Å². The van der Waals surface area contributed by atoms with Gasteiger partial charge in [-0.25, -0.2) is 15.0 Å². The summed E-state index contributed by atoms with van der Waals surface area (Å²) in [7, 11) is 2.04. The summed E-state index contributed by atoms with van der Waals surface area (Å²) in [5, 5.41) is 6.34. The van der Waals surface area contributed by atoms with Crippen molar-refractivity contribution in [3.63, 3.8) is 0 Å². The first-order chi connectivity index (χ1) is 10.6. The molecule has 0 spiro atoms. The number of nitrogens with one attached hydrogen (secondary N) is 1. The zero-order chi connectivity index (χ0) is 15.5. The average molecular weight is 301 g/mol. The normalized spacial score (nSPS) is 15.8. The van der Waals surface area contributed by atoms with Gasteiger partial charge in [-0.3, -0.25) is 9.89 Å². The first kappa shape index (κ1) is 14.4. The lowest BCUT2D eigenvalue weighted by Gasteiger charge is -2.37. The van der Waals surface area contributed by atoms with E-state index in [-0.39, 0.29) is 5.91 Å². The number of nitrogens with zero attached hydrogens (tertiary/aromatic N) is 6. The molecule has 1 N–H and O–H groups in total. The molecule has 22 heavy (non-hydrogen) atoms. The fourth-order valence-electron chi connectivity index (χ4n) is 2.73. The van der Waals surface area contributed by atoms with Crippen LogP contribution in [0.3, 0.4) is 0 Å². The van der Waals surface area contributed by atoms with Crippen LogP contribution in [0.2, 0.25) is 0 Å². The molecule has 8 heteroatoms. The van der Waals surface area contributed by atoms with Gasteiger partial charge < -0.3 is 9.80 Å². The summed E-state index contributed by atoms with van der Waals surface area (Å²) in [6, 6.07) is 2.35. The van der Waals surface area contributed by atoms with Gasteiger partial charge in [0.15, 0.2) is 0 Å². The van der Waals surface area contributed by atoms with Crippen LogP contribution in [-0.2, 0) is 0 Å². The molecule has 0 bridgehead atoms. The number of carbonyl (C=O) groups excluding carboxylic acids is 1. The van der Waals surface area contributed by atoms with E-state index in [4.69, 9.17) is 0 Å². The molecule has 0 radical (unpaired) electrons. The highest BCUT2D eigenvalue weighted by Crippen LogP contribution is 2.21. The molecule has 3 heterocycles. The van der Waals surface area contributed by atoms with E-state index in [1.54, 1.807) is 6.33 Å². The topological polar surface area (TPSA) is 90.9 Å². The standard InChI is InChI=1S/C14H19N7O/c1-10-7-12(16-8-15-10)20(2)11-3-5-21(6-4-11)14(22)13-17-9-18-19-13/h7-9,11H,3-6H2,1-2H3,(H,17,18,19). The third kappa shape index (κ3) is 2.90. The Hall–Kier alpha value is -2.51. The van der Waals surface area contributed by atoms with Crippen LogP contribution >= 0.6 is 0 Å². The molecule has 2 aromatic heterocycles. The number of carbonyl (C=O) groups is 1. The maximum absolute atomic E-state index is 12.2. The summed E-state index contributed by atoms with van der Waals surface area (Å²) < 4.78 is 0. The molecule has 0 aliphatic carbocycles. The number of amides is 1. The summed E-state index contributed by atoms with van der Waals surface area (Å²) in [4.78, 5) is 28.6. The van der Waals surface area contributed by atoms with Gasteiger partial charge >= 0.3 is 0 Å². The van der Waals surface area contributed by atoms with Crippen LogP contribution in [0.25, 0.3) is 0 Å². The van der Waals surface area contributed by atoms with Crippen molar-refractivity contribution in [1.29, 1.82) is 0 Å². The van der Waals surface area contributed by atoms with Crippen LogP contribution in [-0.4, -0.2) is 62.1 Å². The molecule has 1 aliphatic rings. The molecular weight excluding hydrogens is 282 g/mol. The second-order valence-electron chi connectivity index (χ2n) is 5.49. The van der Waals surface area contributed by atoms with Crippen molar-refractivity contribution in [2.45, 2.75) is 25.8 Å². The Bertz CT molecular complexity index is 634. The van der Waals surface area contributed by atoms with E-state index in [1.165, 1.54) is 6.33 Å². The molecule has 1 amide bonds. The molecule has 8 nitrogen and oxygen atoms in total. The highest BCUT2D eigenvalue weighted by atomic mass is 16.2. The van der Waals surface area contributed by atoms with Gasteiger partial charge in [0.05, 0.1) is 0 Å². The van der Waals surface area contributed by atoms with Gasteiger partial charge in [0.25, 0.3) is 5.91 Å². The molecular formula is C14H19N7O. The number of anilines is 1. The minimum absolute atomic E-state index is 0.0866. The number of hydrogen-bond acceptors (Lipinski definition) is 6. The summed E-state index contributed by atoms with van der Waals surface area (Å²) in [5.41, 5.74) is 0.954. The number of piperidine rings is 1. The second-order valence-corrected chi connectivity index (χ2v) is 5.49. The zero-order valence-electron chi connectivity index (χ0n) is 12.7. The van der Waals surface area contributed by atoms with Crippen LogP contribution in [0.4, 0.5) is 5.82 Å². The Labute approximate surface area is 128 Å². The molecule has 1 aliphatic heterocycles. The van der Waals surface area contributed by atoms with Gasteiger partial charge in [0.1, 0.15) is 18.5 Å². The monoisotopic (exact) mass is 301 g/mol. The lowest BCUT2D eigenvalue weighted by Crippen LogP contribution is -2.46. The number of H-pyrrole nitrogens is 1. The van der Waals surface area contributed by atoms with E-state index in [0.29, 0.717) is 25.0 Å². The number of likely N-dealkylation sites (tertiary alicyclic amines) is 1. The van der Waals surface area contributed by atoms with E-state index in [0.717, 1.165) is 24.4 Å². The largest absolute Gasteiger partial charge is 0.356 e. The molecule has 3 rings (SSSR count). The maximum atomic E-state index is 12.2. The van der Waals surface area contributed by atoms with Gasteiger partial charge in [-0.2, -0.15) is 5.10 Å². The van der Waals surface area contributed by atoms with Gasteiger partial charge in [0, 0.05) is 37.9 Å². The first-order valence-corrected chi connectivity index (χ1v) is 7.31. The van der Waals surface area contributed by atoms with E-state index in [2.05, 4.69) is 30.0 Å². The summed E-state index contributed by atoms with van der Waals surface area (Å²) >= 11 is 0. The first-order valence-electron chi connectivity index (χ1n) is 7.31. The smallest absolute Gasteiger partial charge is 0.291 e. The Morgan fingerprint density at radius 2 is 2.05 bits per heavy atom. The Morgan fingerprint density at radius 1 is 1.27 bits per heavy atom. The molecule has 0 aromatic carbocycles. The third-order valence-electron chi connectivity index (χ3n) is 4.07. The molecule has 1 saturated heterocycles. The highest BCUT2D eigenvalue weighted by Gasteiger charge is 2.27. The van der Waals surface area contributed by atoms with Crippen molar-refractivity contribution in [1.82, 2.24) is 30.0 Å². The molecule has 2 aromatic rings. The van der Waals surface area contributed by atoms with Gasteiger partial charge in [-0.15, -0.1) is 0 Å². The highest BCUT2D eigenvalue weighted by molar-refractivity contribution is 5.90. The lowest BCUT2D eigenvalue weighted by atomic mass is 10.0. The molecule has 116 valence electrons. The van der Waals surface area contributed by atoms with E-state index in [9.17, 15) is 4.79 Å². The minimum atomic E-state index is -0.0866. The van der Waals surface area contributed by atoms with Crippen molar-refractivity contribution in [2.24, 2.45) is 0 Å². The maximum Gasteiger partial charge on any atom is 0.291 e.